The van der Waals surface area contributed by atoms with Crippen molar-refractivity contribution in [1.29, 1.82) is 0 Å². The minimum atomic E-state index is -0.434. The lowest BCUT2D eigenvalue weighted by Crippen LogP contribution is -2.08. The standard InChI is InChI=1S/C22H16N2O3/c1-14-12-24(15-7-3-2-4-8-15)22-17(14)11-18(19(13-25)23-22)21(27)16-9-5-6-10-20(16)26/h2-13,26H,1H3. The number of hydrogen-bond acceptors (Lipinski definition) is 4. The monoisotopic (exact) mass is 356 g/mol. The molecule has 27 heavy (non-hydrogen) atoms. The average molecular weight is 356 g/mol. The number of ketones is 1. The van der Waals surface area contributed by atoms with E-state index in [9.17, 15) is 14.7 Å². The molecule has 0 aliphatic rings. The van der Waals surface area contributed by atoms with Gasteiger partial charge in [0, 0.05) is 17.3 Å². The molecule has 2 aromatic carbocycles. The average Bonchev–Trinajstić information content (AvgIpc) is 3.03. The van der Waals surface area contributed by atoms with Crippen molar-refractivity contribution in [3.8, 4) is 11.4 Å². The number of para-hydroxylation sites is 2. The Morgan fingerprint density at radius 1 is 1.04 bits per heavy atom. The number of pyridine rings is 1. The quantitative estimate of drug-likeness (QED) is 0.442. The van der Waals surface area contributed by atoms with E-state index in [2.05, 4.69) is 4.98 Å². The van der Waals surface area contributed by atoms with Crippen molar-refractivity contribution in [2.24, 2.45) is 0 Å². The molecule has 0 amide bonds. The van der Waals surface area contributed by atoms with Crippen LogP contribution in [0.3, 0.4) is 0 Å². The second-order valence-electron chi connectivity index (χ2n) is 6.27. The number of carbonyl (C=O) groups is 2. The van der Waals surface area contributed by atoms with E-state index >= 15 is 0 Å². The van der Waals surface area contributed by atoms with Crippen LogP contribution in [-0.4, -0.2) is 26.7 Å². The minimum absolute atomic E-state index is 0.0473. The molecule has 4 aromatic rings. The number of carbonyl (C=O) groups excluding carboxylic acids is 2. The summed E-state index contributed by atoms with van der Waals surface area (Å²) in [6.07, 6.45) is 2.50. The Morgan fingerprint density at radius 3 is 2.44 bits per heavy atom. The Balaban J connectivity index is 1.94. The number of fused-ring (bicyclic) bond motifs is 1. The molecule has 2 aromatic heterocycles. The zero-order valence-electron chi connectivity index (χ0n) is 14.6. The maximum atomic E-state index is 12.9. The van der Waals surface area contributed by atoms with Crippen molar-refractivity contribution in [1.82, 2.24) is 9.55 Å². The van der Waals surface area contributed by atoms with E-state index in [0.29, 0.717) is 11.9 Å². The third-order valence-electron chi connectivity index (χ3n) is 4.55. The smallest absolute Gasteiger partial charge is 0.199 e. The fourth-order valence-corrected chi connectivity index (χ4v) is 3.18. The molecule has 0 unspecified atom stereocenters. The largest absolute Gasteiger partial charge is 0.507 e. The molecule has 0 aliphatic heterocycles. The minimum Gasteiger partial charge on any atom is -0.507 e. The lowest BCUT2D eigenvalue weighted by Gasteiger charge is -2.08. The number of aromatic nitrogens is 2. The van der Waals surface area contributed by atoms with Gasteiger partial charge in [0.1, 0.15) is 17.1 Å². The Bertz CT molecular complexity index is 1180. The summed E-state index contributed by atoms with van der Waals surface area (Å²) in [6.45, 7) is 1.93. The van der Waals surface area contributed by atoms with Gasteiger partial charge in [0.25, 0.3) is 0 Å². The van der Waals surface area contributed by atoms with Crippen LogP contribution in [0.2, 0.25) is 0 Å². The molecule has 0 spiro atoms. The number of hydrogen-bond donors (Lipinski definition) is 1. The second kappa shape index (κ2) is 6.53. The number of nitrogens with zero attached hydrogens (tertiary/aromatic N) is 2. The molecule has 0 aliphatic carbocycles. The van der Waals surface area contributed by atoms with Crippen molar-refractivity contribution < 1.29 is 14.7 Å². The first kappa shape index (κ1) is 16.7. The number of phenols is 1. The molecule has 0 fully saturated rings. The summed E-state index contributed by atoms with van der Waals surface area (Å²) >= 11 is 0. The van der Waals surface area contributed by atoms with E-state index in [4.69, 9.17) is 0 Å². The summed E-state index contributed by atoms with van der Waals surface area (Å²) in [5.41, 5.74) is 2.82. The highest BCUT2D eigenvalue weighted by Crippen LogP contribution is 2.27. The first-order valence-electron chi connectivity index (χ1n) is 8.46. The van der Waals surface area contributed by atoms with Crippen molar-refractivity contribution in [2.75, 3.05) is 0 Å². The summed E-state index contributed by atoms with van der Waals surface area (Å²) in [4.78, 5) is 29.0. The first-order valence-corrected chi connectivity index (χ1v) is 8.46. The SMILES string of the molecule is Cc1cn(-c2ccccc2)c2nc(C=O)c(C(=O)c3ccccc3O)cc12. The summed E-state index contributed by atoms with van der Waals surface area (Å²) in [5.74, 6) is -0.561. The maximum absolute atomic E-state index is 12.9. The van der Waals surface area contributed by atoms with Gasteiger partial charge in [-0.15, -0.1) is 0 Å². The van der Waals surface area contributed by atoms with Gasteiger partial charge in [0.2, 0.25) is 0 Å². The Morgan fingerprint density at radius 2 is 1.74 bits per heavy atom. The van der Waals surface area contributed by atoms with Crippen LogP contribution < -0.4 is 0 Å². The highest BCUT2D eigenvalue weighted by atomic mass is 16.3. The van der Waals surface area contributed by atoms with Crippen molar-refractivity contribution in [3.05, 3.63) is 89.2 Å². The van der Waals surface area contributed by atoms with Crippen LogP contribution in [0.25, 0.3) is 16.7 Å². The van der Waals surface area contributed by atoms with E-state index in [1.54, 1.807) is 18.2 Å². The van der Waals surface area contributed by atoms with Gasteiger partial charge in [0.05, 0.1) is 11.1 Å². The molecular formula is C22H16N2O3. The lowest BCUT2D eigenvalue weighted by molar-refractivity contribution is 0.102. The Hall–Kier alpha value is -3.73. The number of rotatable bonds is 4. The fourth-order valence-electron chi connectivity index (χ4n) is 3.18. The van der Waals surface area contributed by atoms with Gasteiger partial charge in [-0.1, -0.05) is 30.3 Å². The molecule has 4 rings (SSSR count). The fraction of sp³-hybridized carbons (Fsp3) is 0.0455. The number of aromatic hydroxyl groups is 1. The van der Waals surface area contributed by atoms with Crippen LogP contribution in [-0.2, 0) is 0 Å². The second-order valence-corrected chi connectivity index (χ2v) is 6.27. The topological polar surface area (TPSA) is 72.2 Å². The number of benzene rings is 2. The molecule has 0 bridgehead atoms. The molecule has 132 valence electrons. The van der Waals surface area contributed by atoms with Crippen LogP contribution in [0.1, 0.15) is 32.0 Å². The molecule has 1 N–H and O–H groups in total. The molecular weight excluding hydrogens is 340 g/mol. The number of aryl methyl sites for hydroxylation is 1. The molecule has 0 atom stereocenters. The Kier molecular flexibility index (Phi) is 4.05. The lowest BCUT2D eigenvalue weighted by atomic mass is 10.00. The predicted molar refractivity (Wildman–Crippen MR) is 103 cm³/mol. The van der Waals surface area contributed by atoms with Crippen LogP contribution in [0.15, 0.2) is 66.9 Å². The first-order chi connectivity index (χ1) is 13.1. The molecule has 0 radical (unpaired) electrons. The predicted octanol–water partition coefficient (Wildman–Crippen LogP) is 4.08. The summed E-state index contributed by atoms with van der Waals surface area (Å²) < 4.78 is 1.89. The van der Waals surface area contributed by atoms with E-state index in [-0.39, 0.29) is 22.6 Å². The highest BCUT2D eigenvalue weighted by Gasteiger charge is 2.20. The molecule has 2 heterocycles. The van der Waals surface area contributed by atoms with Crippen LogP contribution in [0.4, 0.5) is 0 Å². The normalized spacial score (nSPS) is 10.9. The van der Waals surface area contributed by atoms with E-state index < -0.39 is 5.78 Å². The van der Waals surface area contributed by atoms with Gasteiger partial charge in [0.15, 0.2) is 12.1 Å². The van der Waals surface area contributed by atoms with Crippen molar-refractivity contribution >= 4 is 23.1 Å². The molecule has 0 saturated heterocycles. The summed E-state index contributed by atoms with van der Waals surface area (Å²) in [6, 6.07) is 17.6. The van der Waals surface area contributed by atoms with Crippen molar-refractivity contribution in [3.63, 3.8) is 0 Å². The molecule has 5 heteroatoms. The van der Waals surface area contributed by atoms with Crippen LogP contribution >= 0.6 is 0 Å². The van der Waals surface area contributed by atoms with Gasteiger partial charge in [-0.25, -0.2) is 4.98 Å². The highest BCUT2D eigenvalue weighted by molar-refractivity contribution is 6.15. The summed E-state index contributed by atoms with van der Waals surface area (Å²) in [7, 11) is 0. The maximum Gasteiger partial charge on any atom is 0.199 e. The van der Waals surface area contributed by atoms with Gasteiger partial charge >= 0.3 is 0 Å². The third kappa shape index (κ3) is 2.79. The number of phenolic OH excluding ortho intramolecular Hbond substituents is 1. The molecule has 5 nitrogen and oxygen atoms in total. The zero-order chi connectivity index (χ0) is 19.0. The van der Waals surface area contributed by atoms with Crippen molar-refractivity contribution in [2.45, 2.75) is 6.92 Å². The van der Waals surface area contributed by atoms with Gasteiger partial charge < -0.3 is 9.67 Å². The molecule has 0 saturated carbocycles. The van der Waals surface area contributed by atoms with E-state index in [1.807, 2.05) is 48.0 Å². The van der Waals surface area contributed by atoms with Gasteiger partial charge in [-0.2, -0.15) is 0 Å². The van der Waals surface area contributed by atoms with Crippen LogP contribution in [0.5, 0.6) is 5.75 Å². The van der Waals surface area contributed by atoms with Gasteiger partial charge in [-0.05, 0) is 42.8 Å². The third-order valence-corrected chi connectivity index (χ3v) is 4.55. The van der Waals surface area contributed by atoms with Gasteiger partial charge in [-0.3, -0.25) is 9.59 Å². The van der Waals surface area contributed by atoms with E-state index in [0.717, 1.165) is 16.6 Å². The summed E-state index contributed by atoms with van der Waals surface area (Å²) in [5, 5.41) is 10.8. The van der Waals surface area contributed by atoms with E-state index in [1.165, 1.54) is 12.1 Å². The van der Waals surface area contributed by atoms with Crippen LogP contribution in [0, 0.1) is 6.92 Å². The number of aldehydes is 1. The zero-order valence-corrected chi connectivity index (χ0v) is 14.6. The Labute approximate surface area is 155 Å².